The molecular formula is C27H29N3O4. The van der Waals surface area contributed by atoms with Crippen molar-refractivity contribution in [1.82, 2.24) is 10.6 Å². The first-order valence-electron chi connectivity index (χ1n) is 11.6. The van der Waals surface area contributed by atoms with E-state index in [0.717, 1.165) is 29.3 Å². The number of amides is 2. The van der Waals surface area contributed by atoms with Crippen LogP contribution in [0.15, 0.2) is 66.7 Å². The minimum absolute atomic E-state index is 0.173. The third kappa shape index (κ3) is 5.92. The normalized spacial score (nSPS) is 17.6. The fraction of sp³-hybridized carbons (Fsp3) is 0.296. The van der Waals surface area contributed by atoms with Gasteiger partial charge in [0.2, 0.25) is 0 Å². The molecule has 34 heavy (non-hydrogen) atoms. The molecule has 3 aromatic carbocycles. The van der Waals surface area contributed by atoms with E-state index in [1.807, 2.05) is 48.5 Å². The summed E-state index contributed by atoms with van der Waals surface area (Å²) in [6.07, 6.45) is 3.02. The van der Waals surface area contributed by atoms with Gasteiger partial charge in [0.1, 0.15) is 0 Å². The van der Waals surface area contributed by atoms with Crippen molar-refractivity contribution >= 4 is 34.2 Å². The molecule has 2 amide bonds. The largest absolute Gasteiger partial charge is 0.481 e. The van der Waals surface area contributed by atoms with E-state index >= 15 is 0 Å². The summed E-state index contributed by atoms with van der Waals surface area (Å²) in [5.74, 6) is -1.31. The first-order chi connectivity index (χ1) is 16.5. The highest BCUT2D eigenvalue weighted by Crippen LogP contribution is 2.27. The summed E-state index contributed by atoms with van der Waals surface area (Å²) in [4.78, 5) is 35.9. The Morgan fingerprint density at radius 2 is 1.32 bits per heavy atom. The number of carbonyl (C=O) groups excluding carboxylic acids is 2. The van der Waals surface area contributed by atoms with Gasteiger partial charge in [0, 0.05) is 35.9 Å². The van der Waals surface area contributed by atoms with Crippen LogP contribution in [0.4, 0.5) is 5.69 Å². The SMILES string of the molecule is O=C(NCCNC(=O)c1ccc2ccccc2c1)c1ccc(NC2CCC(C(=O)O)CC2)cc1. The Labute approximate surface area is 198 Å². The molecule has 0 radical (unpaired) electrons. The summed E-state index contributed by atoms with van der Waals surface area (Å²) in [6.45, 7) is 0.654. The number of anilines is 1. The van der Waals surface area contributed by atoms with E-state index in [1.165, 1.54) is 0 Å². The fourth-order valence-electron chi connectivity index (χ4n) is 4.32. The summed E-state index contributed by atoms with van der Waals surface area (Å²) in [5.41, 5.74) is 2.04. The number of rotatable bonds is 8. The van der Waals surface area contributed by atoms with Crippen molar-refractivity contribution in [2.24, 2.45) is 5.92 Å². The molecule has 0 heterocycles. The highest BCUT2D eigenvalue weighted by Gasteiger charge is 2.25. The Morgan fingerprint density at radius 1 is 0.735 bits per heavy atom. The number of hydrogen-bond donors (Lipinski definition) is 4. The van der Waals surface area contributed by atoms with Crippen LogP contribution < -0.4 is 16.0 Å². The molecule has 1 fully saturated rings. The Balaban J connectivity index is 1.19. The van der Waals surface area contributed by atoms with E-state index in [4.69, 9.17) is 5.11 Å². The number of benzene rings is 3. The smallest absolute Gasteiger partial charge is 0.306 e. The molecule has 7 nitrogen and oxygen atoms in total. The number of hydrogen-bond acceptors (Lipinski definition) is 4. The monoisotopic (exact) mass is 459 g/mol. The molecule has 1 aliphatic rings. The van der Waals surface area contributed by atoms with E-state index < -0.39 is 5.97 Å². The van der Waals surface area contributed by atoms with Gasteiger partial charge in [0.05, 0.1) is 5.92 Å². The second kappa shape index (κ2) is 10.8. The standard InChI is InChI=1S/C27H29N3O4/c31-25(19-7-11-23(12-8-19)30-24-13-9-20(10-14-24)27(33)34)28-15-16-29-26(32)22-6-5-18-3-1-2-4-21(18)17-22/h1-8,11-12,17,20,24,30H,9-10,13-16H2,(H,28,31)(H,29,32)(H,33,34). The number of aliphatic carboxylic acids is 1. The zero-order valence-electron chi connectivity index (χ0n) is 18.9. The first-order valence-corrected chi connectivity index (χ1v) is 11.6. The Hall–Kier alpha value is -3.87. The van der Waals surface area contributed by atoms with Crippen molar-refractivity contribution in [2.45, 2.75) is 31.7 Å². The molecular weight excluding hydrogens is 430 g/mol. The minimum Gasteiger partial charge on any atom is -0.481 e. The molecule has 0 spiro atoms. The maximum Gasteiger partial charge on any atom is 0.306 e. The summed E-state index contributed by atoms with van der Waals surface area (Å²) in [7, 11) is 0. The van der Waals surface area contributed by atoms with Gasteiger partial charge in [-0.2, -0.15) is 0 Å². The number of carbonyl (C=O) groups is 3. The highest BCUT2D eigenvalue weighted by molar-refractivity contribution is 5.98. The average Bonchev–Trinajstić information content (AvgIpc) is 2.87. The van der Waals surface area contributed by atoms with Crippen LogP contribution in [0.1, 0.15) is 46.4 Å². The van der Waals surface area contributed by atoms with Crippen LogP contribution in [0.25, 0.3) is 10.8 Å². The van der Waals surface area contributed by atoms with E-state index in [1.54, 1.807) is 18.2 Å². The summed E-state index contributed by atoms with van der Waals surface area (Å²) in [6, 6.07) is 20.9. The molecule has 0 atom stereocenters. The highest BCUT2D eigenvalue weighted by atomic mass is 16.4. The van der Waals surface area contributed by atoms with Gasteiger partial charge in [0.15, 0.2) is 0 Å². The number of nitrogens with one attached hydrogen (secondary N) is 3. The van der Waals surface area contributed by atoms with Crippen LogP contribution in [-0.4, -0.2) is 42.0 Å². The summed E-state index contributed by atoms with van der Waals surface area (Å²) in [5, 5.41) is 20.3. The molecule has 1 saturated carbocycles. The molecule has 0 unspecified atom stereocenters. The quantitative estimate of drug-likeness (QED) is 0.380. The van der Waals surface area contributed by atoms with Crippen molar-refractivity contribution in [1.29, 1.82) is 0 Å². The lowest BCUT2D eigenvalue weighted by atomic mass is 9.86. The summed E-state index contributed by atoms with van der Waals surface area (Å²) >= 11 is 0. The van der Waals surface area contributed by atoms with Gasteiger partial charge >= 0.3 is 5.97 Å². The van der Waals surface area contributed by atoms with Gasteiger partial charge in [-0.25, -0.2) is 0 Å². The van der Waals surface area contributed by atoms with E-state index in [0.29, 0.717) is 37.1 Å². The maximum atomic E-state index is 12.4. The third-order valence-corrected chi connectivity index (χ3v) is 6.30. The predicted molar refractivity (Wildman–Crippen MR) is 132 cm³/mol. The number of carboxylic acids is 1. The van der Waals surface area contributed by atoms with Gasteiger partial charge in [-0.3, -0.25) is 14.4 Å². The molecule has 0 bridgehead atoms. The van der Waals surface area contributed by atoms with Crippen LogP contribution in [0.5, 0.6) is 0 Å². The van der Waals surface area contributed by atoms with Crippen LogP contribution in [-0.2, 0) is 4.79 Å². The molecule has 3 aromatic rings. The van der Waals surface area contributed by atoms with E-state index in [9.17, 15) is 14.4 Å². The fourth-order valence-corrected chi connectivity index (χ4v) is 4.32. The molecule has 4 rings (SSSR count). The zero-order chi connectivity index (χ0) is 23.9. The van der Waals surface area contributed by atoms with Crippen LogP contribution in [0.3, 0.4) is 0 Å². The second-order valence-corrected chi connectivity index (χ2v) is 8.68. The van der Waals surface area contributed by atoms with Crippen LogP contribution >= 0.6 is 0 Å². The Kier molecular flexibility index (Phi) is 7.42. The number of fused-ring (bicyclic) bond motifs is 1. The third-order valence-electron chi connectivity index (χ3n) is 6.30. The molecule has 1 aliphatic carbocycles. The average molecular weight is 460 g/mol. The molecule has 4 N–H and O–H groups in total. The number of carboxylic acid groups (broad SMARTS) is 1. The van der Waals surface area contributed by atoms with Crippen molar-refractivity contribution in [3.05, 3.63) is 77.9 Å². The van der Waals surface area contributed by atoms with Crippen molar-refractivity contribution in [3.8, 4) is 0 Å². The molecule has 0 aromatic heterocycles. The molecule has 7 heteroatoms. The van der Waals surface area contributed by atoms with Crippen LogP contribution in [0, 0.1) is 5.92 Å². The predicted octanol–water partition coefficient (Wildman–Crippen LogP) is 4.05. The minimum atomic E-state index is -0.706. The Bertz CT molecular complexity index is 1170. The zero-order valence-corrected chi connectivity index (χ0v) is 18.9. The van der Waals surface area contributed by atoms with Crippen molar-refractivity contribution in [3.63, 3.8) is 0 Å². The van der Waals surface area contributed by atoms with Gasteiger partial charge < -0.3 is 21.1 Å². The molecule has 0 saturated heterocycles. The topological polar surface area (TPSA) is 108 Å². The van der Waals surface area contributed by atoms with Crippen molar-refractivity contribution in [2.75, 3.05) is 18.4 Å². The first kappa shape index (κ1) is 23.3. The Morgan fingerprint density at radius 3 is 1.97 bits per heavy atom. The van der Waals surface area contributed by atoms with Crippen LogP contribution in [0.2, 0.25) is 0 Å². The van der Waals surface area contributed by atoms with Gasteiger partial charge in [0.25, 0.3) is 11.8 Å². The van der Waals surface area contributed by atoms with Crippen molar-refractivity contribution < 1.29 is 19.5 Å². The van der Waals surface area contributed by atoms with Gasteiger partial charge in [-0.1, -0.05) is 30.3 Å². The second-order valence-electron chi connectivity index (χ2n) is 8.68. The lowest BCUT2D eigenvalue weighted by Gasteiger charge is -2.27. The van der Waals surface area contributed by atoms with E-state index in [-0.39, 0.29) is 23.8 Å². The van der Waals surface area contributed by atoms with Gasteiger partial charge in [-0.05, 0) is 72.9 Å². The lowest BCUT2D eigenvalue weighted by Crippen LogP contribution is -2.34. The lowest BCUT2D eigenvalue weighted by molar-refractivity contribution is -0.142. The molecule has 0 aliphatic heterocycles. The van der Waals surface area contributed by atoms with E-state index in [2.05, 4.69) is 16.0 Å². The van der Waals surface area contributed by atoms with Gasteiger partial charge in [-0.15, -0.1) is 0 Å². The summed E-state index contributed by atoms with van der Waals surface area (Å²) < 4.78 is 0. The molecule has 176 valence electrons. The maximum absolute atomic E-state index is 12.4.